The molecule has 3 aliphatic rings. The molecule has 0 aromatic carbocycles. The highest BCUT2D eigenvalue weighted by molar-refractivity contribution is 7.80. The highest BCUT2D eigenvalue weighted by Crippen LogP contribution is 2.38. The number of nitrogens with zero attached hydrogens (tertiary/aromatic N) is 4. The lowest BCUT2D eigenvalue weighted by Gasteiger charge is -2.27. The van der Waals surface area contributed by atoms with Gasteiger partial charge in [0, 0.05) is 12.5 Å². The Hall–Kier alpha value is -1.76. The van der Waals surface area contributed by atoms with Gasteiger partial charge in [-0.15, -0.1) is 4.28 Å². The molecule has 0 saturated carbocycles. The summed E-state index contributed by atoms with van der Waals surface area (Å²) in [5.41, 5.74) is 0. The number of hydrogen-bond acceptors (Lipinski definition) is 8. The molecule has 0 spiro atoms. The van der Waals surface area contributed by atoms with Gasteiger partial charge in [0.2, 0.25) is 5.89 Å². The standard InChI is InChI=1S/C13H19N5O6S/c19-13-17-7-9(18(13)24-25(20,21)22)1-2-10(17)11-15-12(23-16-11)8-3-5-14-6-4-8/h8-10,14H,1-7H2,(H,20,21,22)/t9-,10+/m1/s1. The Bertz CT molecular complexity index is 761. The first-order chi connectivity index (χ1) is 11.9. The number of rotatable bonds is 4. The van der Waals surface area contributed by atoms with E-state index in [1.54, 1.807) is 0 Å². The van der Waals surface area contributed by atoms with Crippen LogP contribution in [-0.2, 0) is 14.7 Å². The van der Waals surface area contributed by atoms with Crippen molar-refractivity contribution in [1.29, 1.82) is 0 Å². The van der Waals surface area contributed by atoms with Crippen LogP contribution in [0.25, 0.3) is 0 Å². The second kappa shape index (κ2) is 6.20. The Balaban J connectivity index is 1.51. The Morgan fingerprint density at radius 2 is 2.00 bits per heavy atom. The van der Waals surface area contributed by atoms with Crippen LogP contribution in [0.5, 0.6) is 0 Å². The Kier molecular flexibility index (Phi) is 4.14. The Morgan fingerprint density at radius 3 is 2.72 bits per heavy atom. The van der Waals surface area contributed by atoms with Gasteiger partial charge in [-0.3, -0.25) is 4.55 Å². The molecule has 3 saturated heterocycles. The van der Waals surface area contributed by atoms with Crippen LogP contribution in [0.3, 0.4) is 0 Å². The van der Waals surface area contributed by atoms with Crippen LogP contribution in [0.2, 0.25) is 0 Å². The summed E-state index contributed by atoms with van der Waals surface area (Å²) >= 11 is 0. The largest absolute Gasteiger partial charge is 0.418 e. The fraction of sp³-hybridized carbons (Fsp3) is 0.769. The lowest BCUT2D eigenvalue weighted by atomic mass is 9.98. The number of amides is 2. The number of hydroxylamine groups is 2. The lowest BCUT2D eigenvalue weighted by molar-refractivity contribution is -0.0317. The molecule has 1 aromatic heterocycles. The molecule has 4 rings (SSSR count). The second-order valence-corrected chi connectivity index (χ2v) is 7.53. The summed E-state index contributed by atoms with van der Waals surface area (Å²) in [6.07, 6.45) is 2.92. The Morgan fingerprint density at radius 1 is 1.24 bits per heavy atom. The van der Waals surface area contributed by atoms with E-state index in [-0.39, 0.29) is 12.5 Å². The maximum Gasteiger partial charge on any atom is 0.418 e. The number of aromatic nitrogens is 2. The normalized spacial score (nSPS) is 28.0. The van der Waals surface area contributed by atoms with Crippen molar-refractivity contribution >= 4 is 16.4 Å². The predicted molar refractivity (Wildman–Crippen MR) is 81.5 cm³/mol. The minimum Gasteiger partial charge on any atom is -0.339 e. The molecule has 2 amide bonds. The monoisotopic (exact) mass is 373 g/mol. The first-order valence-electron chi connectivity index (χ1n) is 8.23. The Labute approximate surface area is 144 Å². The molecule has 1 aromatic rings. The number of carbonyl (C=O) groups is 1. The SMILES string of the molecule is O=C1N2C[C@@H](CC[C@H]2c2noc(C3CCNCC3)n2)N1OS(=O)(=O)O. The highest BCUT2D eigenvalue weighted by atomic mass is 32.3. The zero-order valence-electron chi connectivity index (χ0n) is 13.4. The molecule has 11 nitrogen and oxygen atoms in total. The van der Waals surface area contributed by atoms with Crippen molar-refractivity contribution in [2.24, 2.45) is 0 Å². The van der Waals surface area contributed by atoms with E-state index in [0.29, 0.717) is 29.6 Å². The smallest absolute Gasteiger partial charge is 0.339 e. The first-order valence-corrected chi connectivity index (χ1v) is 9.60. The van der Waals surface area contributed by atoms with Crippen molar-refractivity contribution in [3.8, 4) is 0 Å². The second-order valence-electron chi connectivity index (χ2n) is 6.53. The number of piperidine rings is 2. The van der Waals surface area contributed by atoms with Gasteiger partial charge in [0.25, 0.3) is 0 Å². The van der Waals surface area contributed by atoms with Gasteiger partial charge in [0.1, 0.15) is 0 Å². The third kappa shape index (κ3) is 3.21. The van der Waals surface area contributed by atoms with Gasteiger partial charge in [-0.25, -0.2) is 4.79 Å². The zero-order valence-corrected chi connectivity index (χ0v) is 14.2. The zero-order chi connectivity index (χ0) is 17.6. The molecular weight excluding hydrogens is 354 g/mol. The van der Waals surface area contributed by atoms with E-state index in [9.17, 15) is 13.2 Å². The van der Waals surface area contributed by atoms with Gasteiger partial charge >= 0.3 is 16.4 Å². The van der Waals surface area contributed by atoms with E-state index in [4.69, 9.17) is 9.08 Å². The summed E-state index contributed by atoms with van der Waals surface area (Å²) in [5, 5.41) is 8.02. The average molecular weight is 373 g/mol. The molecular formula is C13H19N5O6S. The van der Waals surface area contributed by atoms with Crippen molar-refractivity contribution in [3.63, 3.8) is 0 Å². The van der Waals surface area contributed by atoms with Crippen LogP contribution in [0.4, 0.5) is 4.79 Å². The van der Waals surface area contributed by atoms with Crippen LogP contribution in [0.1, 0.15) is 49.4 Å². The summed E-state index contributed by atoms with van der Waals surface area (Å²) in [5.74, 6) is 1.22. The number of fused-ring (bicyclic) bond motifs is 2. The minimum atomic E-state index is -4.75. The van der Waals surface area contributed by atoms with E-state index < -0.39 is 28.5 Å². The van der Waals surface area contributed by atoms with Crippen molar-refractivity contribution in [3.05, 3.63) is 11.7 Å². The van der Waals surface area contributed by atoms with E-state index >= 15 is 0 Å². The lowest BCUT2D eigenvalue weighted by Crippen LogP contribution is -2.35. The van der Waals surface area contributed by atoms with Crippen LogP contribution in [-0.4, -0.2) is 64.8 Å². The molecule has 0 unspecified atom stereocenters. The topological polar surface area (TPSA) is 138 Å². The van der Waals surface area contributed by atoms with Crippen LogP contribution in [0.15, 0.2) is 4.52 Å². The molecule has 0 radical (unpaired) electrons. The molecule has 3 fully saturated rings. The summed E-state index contributed by atoms with van der Waals surface area (Å²) in [6, 6.07) is -1.45. The molecule has 2 bridgehead atoms. The maximum absolute atomic E-state index is 12.4. The van der Waals surface area contributed by atoms with Crippen LogP contribution >= 0.6 is 0 Å². The van der Waals surface area contributed by atoms with Gasteiger partial charge in [-0.2, -0.15) is 18.5 Å². The molecule has 138 valence electrons. The van der Waals surface area contributed by atoms with Gasteiger partial charge in [0.15, 0.2) is 5.82 Å². The van der Waals surface area contributed by atoms with Crippen LogP contribution < -0.4 is 5.32 Å². The quantitative estimate of drug-likeness (QED) is 0.709. The van der Waals surface area contributed by atoms with Crippen molar-refractivity contribution in [1.82, 2.24) is 25.4 Å². The van der Waals surface area contributed by atoms with Gasteiger partial charge in [-0.1, -0.05) is 5.16 Å². The van der Waals surface area contributed by atoms with Gasteiger partial charge in [0.05, 0.1) is 12.1 Å². The summed E-state index contributed by atoms with van der Waals surface area (Å²) in [4.78, 5) is 18.4. The first kappa shape index (κ1) is 16.7. The van der Waals surface area contributed by atoms with Gasteiger partial charge in [-0.05, 0) is 38.8 Å². The molecule has 0 aliphatic carbocycles. The van der Waals surface area contributed by atoms with E-state index in [1.807, 2.05) is 0 Å². The molecule has 3 aliphatic heterocycles. The van der Waals surface area contributed by atoms with E-state index in [1.165, 1.54) is 4.90 Å². The fourth-order valence-corrected chi connectivity index (χ4v) is 4.11. The number of carbonyl (C=O) groups excluding carboxylic acids is 1. The van der Waals surface area contributed by atoms with Crippen molar-refractivity contribution < 1.29 is 26.6 Å². The minimum absolute atomic E-state index is 0.215. The number of nitrogens with one attached hydrogen (secondary N) is 1. The molecule has 4 heterocycles. The third-order valence-corrected chi connectivity index (χ3v) is 5.29. The highest BCUT2D eigenvalue weighted by Gasteiger charge is 2.49. The van der Waals surface area contributed by atoms with E-state index in [2.05, 4.69) is 19.7 Å². The molecule has 2 atom stereocenters. The number of urea groups is 1. The summed E-state index contributed by atoms with van der Waals surface area (Å²) < 4.78 is 40.5. The number of hydrogen-bond donors (Lipinski definition) is 2. The average Bonchev–Trinajstić information content (AvgIpc) is 3.16. The maximum atomic E-state index is 12.4. The van der Waals surface area contributed by atoms with Crippen molar-refractivity contribution in [2.75, 3.05) is 19.6 Å². The van der Waals surface area contributed by atoms with E-state index in [0.717, 1.165) is 25.9 Å². The summed E-state index contributed by atoms with van der Waals surface area (Å²) in [7, 11) is -4.75. The van der Waals surface area contributed by atoms with Crippen molar-refractivity contribution in [2.45, 2.75) is 43.7 Å². The predicted octanol–water partition coefficient (Wildman–Crippen LogP) is 0.212. The molecule has 12 heteroatoms. The molecule has 2 N–H and O–H groups in total. The summed E-state index contributed by atoms with van der Waals surface area (Å²) in [6.45, 7) is 2.09. The van der Waals surface area contributed by atoms with Gasteiger partial charge < -0.3 is 14.7 Å². The third-order valence-electron chi connectivity index (χ3n) is 4.94. The van der Waals surface area contributed by atoms with Crippen LogP contribution in [0, 0.1) is 0 Å². The molecule has 25 heavy (non-hydrogen) atoms. The fourth-order valence-electron chi connectivity index (χ4n) is 3.72.